The third-order valence-electron chi connectivity index (χ3n) is 5.03. The number of carbonyl (C=O) groups is 3. The summed E-state index contributed by atoms with van der Waals surface area (Å²) in [5.74, 6) is -1.49. The van der Waals surface area contributed by atoms with E-state index in [1.54, 1.807) is 19.3 Å². The van der Waals surface area contributed by atoms with E-state index in [1.165, 1.54) is 4.90 Å². The molecule has 3 amide bonds. The van der Waals surface area contributed by atoms with Crippen molar-refractivity contribution in [2.75, 3.05) is 46.8 Å². The van der Waals surface area contributed by atoms with Gasteiger partial charge in [0.05, 0.1) is 25.7 Å². The quantitative estimate of drug-likeness (QED) is 0.183. The summed E-state index contributed by atoms with van der Waals surface area (Å²) in [6, 6.07) is 9.17. The van der Waals surface area contributed by atoms with Gasteiger partial charge in [-0.1, -0.05) is 56.3 Å². The largest absolute Gasteiger partial charge is 0.481 e. The molecule has 0 aromatic heterocycles. The lowest BCUT2D eigenvalue weighted by Crippen LogP contribution is -2.48. The molecule has 0 aliphatic carbocycles. The van der Waals surface area contributed by atoms with Crippen LogP contribution in [0.5, 0.6) is 0 Å². The van der Waals surface area contributed by atoms with Crippen molar-refractivity contribution < 1.29 is 33.7 Å². The van der Waals surface area contributed by atoms with Crippen LogP contribution in [0.2, 0.25) is 0 Å². The highest BCUT2D eigenvalue weighted by Gasteiger charge is 2.27. The highest BCUT2D eigenvalue weighted by molar-refractivity contribution is 5.96. The van der Waals surface area contributed by atoms with Gasteiger partial charge in [-0.2, -0.15) is 0 Å². The van der Waals surface area contributed by atoms with E-state index in [4.69, 9.17) is 19.3 Å². The number of urea groups is 1. The van der Waals surface area contributed by atoms with Gasteiger partial charge in [-0.25, -0.2) is 4.79 Å². The molecule has 0 aliphatic rings. The summed E-state index contributed by atoms with van der Waals surface area (Å²) in [6.07, 6.45) is 4.85. The third-order valence-corrected chi connectivity index (χ3v) is 5.03. The molecule has 0 heterocycles. The first-order chi connectivity index (χ1) is 16.8. The Morgan fingerprint density at radius 3 is 2.46 bits per heavy atom. The van der Waals surface area contributed by atoms with Gasteiger partial charge in [0.1, 0.15) is 6.79 Å². The van der Waals surface area contributed by atoms with Crippen molar-refractivity contribution in [2.24, 2.45) is 11.8 Å². The van der Waals surface area contributed by atoms with Crippen molar-refractivity contribution >= 4 is 17.9 Å². The number of allylic oxidation sites excluding steroid dienone is 1. The van der Waals surface area contributed by atoms with Gasteiger partial charge in [0.2, 0.25) is 5.91 Å². The van der Waals surface area contributed by atoms with Gasteiger partial charge in [0.25, 0.3) is 0 Å². The molecule has 0 saturated carbocycles. The minimum Gasteiger partial charge on any atom is -0.481 e. The number of nitrogens with one attached hydrogen (secondary N) is 1. The molecule has 1 atom stereocenters. The summed E-state index contributed by atoms with van der Waals surface area (Å²) in [5.41, 5.74) is 1.02. The molecule has 0 unspecified atom stereocenters. The van der Waals surface area contributed by atoms with Crippen molar-refractivity contribution in [2.45, 2.75) is 39.5 Å². The van der Waals surface area contributed by atoms with Gasteiger partial charge in [-0.3, -0.25) is 14.5 Å². The van der Waals surface area contributed by atoms with Crippen molar-refractivity contribution in [3.8, 4) is 0 Å². The Labute approximate surface area is 208 Å². The van der Waals surface area contributed by atoms with Gasteiger partial charge in [0, 0.05) is 26.6 Å². The van der Waals surface area contributed by atoms with Crippen LogP contribution in [0, 0.1) is 11.8 Å². The highest BCUT2D eigenvalue weighted by Crippen LogP contribution is 2.18. The zero-order valence-electron chi connectivity index (χ0n) is 21.1. The Kier molecular flexibility index (Phi) is 16.1. The molecule has 196 valence electrons. The van der Waals surface area contributed by atoms with Crippen LogP contribution in [0.3, 0.4) is 0 Å². The number of rotatable bonds is 18. The number of carboxylic acid groups (broad SMARTS) is 1. The first kappa shape index (κ1) is 30.3. The zero-order chi connectivity index (χ0) is 25.9. The topological polar surface area (TPSA) is 114 Å². The average molecular weight is 493 g/mol. The number of ether oxygens (including phenoxy) is 3. The predicted octanol–water partition coefficient (Wildman–Crippen LogP) is 3.49. The van der Waals surface area contributed by atoms with Crippen LogP contribution >= 0.6 is 0 Å². The molecular formula is C26H40N2O7. The van der Waals surface area contributed by atoms with Crippen molar-refractivity contribution in [1.29, 1.82) is 0 Å². The maximum absolute atomic E-state index is 13.4. The van der Waals surface area contributed by atoms with E-state index in [2.05, 4.69) is 5.32 Å². The monoisotopic (exact) mass is 492 g/mol. The van der Waals surface area contributed by atoms with Crippen LogP contribution in [-0.4, -0.2) is 74.7 Å². The van der Waals surface area contributed by atoms with Gasteiger partial charge in [-0.15, -0.1) is 0 Å². The zero-order valence-corrected chi connectivity index (χ0v) is 21.1. The number of imide groups is 1. The van der Waals surface area contributed by atoms with Crippen LogP contribution in [0.1, 0.15) is 38.7 Å². The molecule has 0 aliphatic heterocycles. The number of carbonyl (C=O) groups excluding carboxylic acids is 2. The number of nitrogens with zero attached hydrogens (tertiary/aromatic N) is 1. The fourth-order valence-corrected chi connectivity index (χ4v) is 3.28. The second-order valence-corrected chi connectivity index (χ2v) is 8.48. The Morgan fingerprint density at radius 1 is 1.09 bits per heavy atom. The third kappa shape index (κ3) is 14.3. The number of hydrogen-bond donors (Lipinski definition) is 2. The molecule has 0 bridgehead atoms. The summed E-state index contributed by atoms with van der Waals surface area (Å²) in [6.45, 7) is 5.69. The Balaban J connectivity index is 2.79. The summed E-state index contributed by atoms with van der Waals surface area (Å²) in [4.78, 5) is 38.5. The van der Waals surface area contributed by atoms with E-state index >= 15 is 0 Å². The molecule has 1 aromatic carbocycles. The van der Waals surface area contributed by atoms with E-state index in [-0.39, 0.29) is 44.7 Å². The molecule has 2 N–H and O–H groups in total. The van der Waals surface area contributed by atoms with Crippen molar-refractivity contribution in [3.63, 3.8) is 0 Å². The standard InChI is InChI=1S/C26H40N2O7/c1-21(2)19-23(11-7-8-12-24(29)30)25(31)28(15-13-22-9-5-4-6-10-22)26(32)27-14-16-34-20-35-18-17-33-3/h4-7,9-11,21,23H,8,12-20H2,1-3H3,(H,27,32)(H,29,30)/t23-/m0/s1. The first-order valence-corrected chi connectivity index (χ1v) is 12.0. The molecule has 0 radical (unpaired) electrons. The number of aliphatic carboxylic acids is 1. The molecule has 35 heavy (non-hydrogen) atoms. The second kappa shape index (κ2) is 18.6. The lowest BCUT2D eigenvalue weighted by molar-refractivity contribution is -0.137. The smallest absolute Gasteiger partial charge is 0.324 e. The summed E-state index contributed by atoms with van der Waals surface area (Å²) in [7, 11) is 1.59. The van der Waals surface area contributed by atoms with Crippen LogP contribution in [-0.2, 0) is 30.2 Å². The minimum atomic E-state index is -0.892. The molecule has 9 nitrogen and oxygen atoms in total. The maximum Gasteiger partial charge on any atom is 0.324 e. The fourth-order valence-electron chi connectivity index (χ4n) is 3.28. The Hall–Kier alpha value is -2.75. The van der Waals surface area contributed by atoms with E-state index < -0.39 is 17.9 Å². The minimum absolute atomic E-state index is 0.00746. The van der Waals surface area contributed by atoms with Gasteiger partial charge in [0.15, 0.2) is 0 Å². The molecule has 0 saturated heterocycles. The SMILES string of the molecule is COCCOCOCCNC(=O)N(CCc1ccccc1)C(=O)[C@@H](C=CCCC(=O)O)CC(C)C. The first-order valence-electron chi connectivity index (χ1n) is 12.0. The van der Waals surface area contributed by atoms with E-state index in [1.807, 2.05) is 44.2 Å². The molecule has 0 fully saturated rings. The van der Waals surface area contributed by atoms with Crippen molar-refractivity contribution in [3.05, 3.63) is 48.0 Å². The number of amides is 3. The van der Waals surface area contributed by atoms with Gasteiger partial charge < -0.3 is 24.6 Å². The lowest BCUT2D eigenvalue weighted by Gasteiger charge is -2.26. The molecule has 0 spiro atoms. The van der Waals surface area contributed by atoms with E-state index in [0.29, 0.717) is 32.5 Å². The summed E-state index contributed by atoms with van der Waals surface area (Å²) in [5, 5.41) is 11.6. The number of hydrogen-bond acceptors (Lipinski definition) is 6. The van der Waals surface area contributed by atoms with E-state index in [9.17, 15) is 14.4 Å². The van der Waals surface area contributed by atoms with Crippen molar-refractivity contribution in [1.82, 2.24) is 10.2 Å². The number of methoxy groups -OCH3 is 1. The Morgan fingerprint density at radius 2 is 1.80 bits per heavy atom. The molecule has 9 heteroatoms. The lowest BCUT2D eigenvalue weighted by atomic mass is 9.94. The van der Waals surface area contributed by atoms with Crippen LogP contribution in [0.4, 0.5) is 4.79 Å². The second-order valence-electron chi connectivity index (χ2n) is 8.48. The molecular weight excluding hydrogens is 452 g/mol. The average Bonchev–Trinajstić information content (AvgIpc) is 2.83. The molecule has 1 aromatic rings. The van der Waals surface area contributed by atoms with Gasteiger partial charge in [-0.05, 0) is 30.7 Å². The maximum atomic E-state index is 13.4. The summed E-state index contributed by atoms with van der Waals surface area (Å²) >= 11 is 0. The van der Waals surface area contributed by atoms with E-state index in [0.717, 1.165) is 5.56 Å². The normalized spacial score (nSPS) is 12.1. The molecule has 1 rings (SSSR count). The Bertz CT molecular complexity index is 768. The number of carboxylic acids is 1. The van der Waals surface area contributed by atoms with Gasteiger partial charge >= 0.3 is 12.0 Å². The predicted molar refractivity (Wildman–Crippen MR) is 133 cm³/mol. The van der Waals surface area contributed by atoms with Crippen LogP contribution in [0.15, 0.2) is 42.5 Å². The van der Waals surface area contributed by atoms with Crippen LogP contribution < -0.4 is 5.32 Å². The number of benzene rings is 1. The summed E-state index contributed by atoms with van der Waals surface area (Å²) < 4.78 is 15.4. The fraction of sp³-hybridized carbons (Fsp3) is 0.577. The van der Waals surface area contributed by atoms with Crippen LogP contribution in [0.25, 0.3) is 0 Å². The highest BCUT2D eigenvalue weighted by atomic mass is 16.7.